The molecule has 1 aromatic heterocycles. The average Bonchev–Trinajstić information content (AvgIpc) is 2.97. The Morgan fingerprint density at radius 1 is 1.33 bits per heavy atom. The molecule has 144 valence electrons. The summed E-state index contributed by atoms with van der Waals surface area (Å²) in [5.74, 6) is -0.284. The van der Waals surface area contributed by atoms with Crippen LogP contribution in [0.5, 0.6) is 0 Å². The first kappa shape index (κ1) is 18.7. The number of ether oxygens (including phenoxy) is 1. The van der Waals surface area contributed by atoms with Gasteiger partial charge in [0.05, 0.1) is 18.7 Å². The highest BCUT2D eigenvalue weighted by molar-refractivity contribution is 9.10. The number of halogens is 1. The molecule has 7 heteroatoms. The van der Waals surface area contributed by atoms with Crippen molar-refractivity contribution in [1.29, 1.82) is 0 Å². The second-order valence-corrected chi connectivity index (χ2v) is 8.27. The molecule has 0 aliphatic carbocycles. The van der Waals surface area contributed by atoms with E-state index in [2.05, 4.69) is 43.7 Å². The van der Waals surface area contributed by atoms with Crippen LogP contribution in [0.2, 0.25) is 0 Å². The molecule has 27 heavy (non-hydrogen) atoms. The van der Waals surface area contributed by atoms with Crippen molar-refractivity contribution >= 4 is 32.7 Å². The van der Waals surface area contributed by atoms with Crippen LogP contribution in [0.25, 0.3) is 10.9 Å². The van der Waals surface area contributed by atoms with E-state index in [4.69, 9.17) is 4.74 Å². The lowest BCUT2D eigenvalue weighted by Gasteiger charge is -2.26. The van der Waals surface area contributed by atoms with Gasteiger partial charge in [-0.05, 0) is 44.0 Å². The number of carbonyl (C=O) groups excluding carboxylic acids is 1. The van der Waals surface area contributed by atoms with Crippen molar-refractivity contribution in [1.82, 2.24) is 14.8 Å². The van der Waals surface area contributed by atoms with E-state index in [1.165, 1.54) is 0 Å². The van der Waals surface area contributed by atoms with E-state index in [9.17, 15) is 9.59 Å². The van der Waals surface area contributed by atoms with Gasteiger partial charge in [-0.1, -0.05) is 15.9 Å². The minimum absolute atomic E-state index is 0.191. The molecule has 0 saturated carbocycles. The first-order chi connectivity index (χ1) is 13.0. The summed E-state index contributed by atoms with van der Waals surface area (Å²) in [6.45, 7) is 7.04. The van der Waals surface area contributed by atoms with Crippen LogP contribution in [0.1, 0.15) is 35.3 Å². The molecule has 2 aromatic rings. The Labute approximate surface area is 166 Å². The van der Waals surface area contributed by atoms with Crippen molar-refractivity contribution in [2.75, 3.05) is 39.4 Å². The van der Waals surface area contributed by atoms with E-state index in [1.54, 1.807) is 6.20 Å². The lowest BCUT2D eigenvalue weighted by atomic mass is 10.1. The van der Waals surface area contributed by atoms with Gasteiger partial charge in [-0.25, -0.2) is 0 Å². The van der Waals surface area contributed by atoms with Crippen molar-refractivity contribution in [3.63, 3.8) is 0 Å². The monoisotopic (exact) mass is 433 g/mol. The Morgan fingerprint density at radius 3 is 2.89 bits per heavy atom. The molecule has 2 aliphatic heterocycles. The zero-order valence-electron chi connectivity index (χ0n) is 15.5. The Balaban J connectivity index is 1.49. The lowest BCUT2D eigenvalue weighted by Crippen LogP contribution is -2.38. The van der Waals surface area contributed by atoms with Crippen LogP contribution in [-0.2, 0) is 11.2 Å². The molecular formula is C20H24BrN3O3. The molecule has 1 aromatic carbocycles. The molecule has 1 amide bonds. The summed E-state index contributed by atoms with van der Waals surface area (Å²) in [7, 11) is 0. The fraction of sp³-hybridized carbons (Fsp3) is 0.500. The van der Waals surface area contributed by atoms with Crippen molar-refractivity contribution in [2.45, 2.75) is 25.8 Å². The fourth-order valence-corrected chi connectivity index (χ4v) is 4.55. The highest BCUT2D eigenvalue weighted by Crippen LogP contribution is 2.33. The first-order valence-electron chi connectivity index (χ1n) is 9.50. The van der Waals surface area contributed by atoms with Crippen molar-refractivity contribution in [2.24, 2.45) is 0 Å². The number of amides is 1. The van der Waals surface area contributed by atoms with Gasteiger partial charge in [0, 0.05) is 41.7 Å². The van der Waals surface area contributed by atoms with Gasteiger partial charge in [-0.3, -0.25) is 14.5 Å². The van der Waals surface area contributed by atoms with Crippen molar-refractivity contribution in [3.05, 3.63) is 44.2 Å². The molecule has 0 spiro atoms. The second-order valence-electron chi connectivity index (χ2n) is 7.36. The Kier molecular flexibility index (Phi) is 5.34. The third-order valence-electron chi connectivity index (χ3n) is 5.44. The van der Waals surface area contributed by atoms with Gasteiger partial charge in [-0.2, -0.15) is 0 Å². The van der Waals surface area contributed by atoms with Crippen molar-refractivity contribution in [3.8, 4) is 0 Å². The fourth-order valence-electron chi connectivity index (χ4n) is 4.05. The quantitative estimate of drug-likeness (QED) is 0.734. The maximum Gasteiger partial charge on any atom is 0.256 e. The summed E-state index contributed by atoms with van der Waals surface area (Å²) in [6.07, 6.45) is 3.47. The Hall–Kier alpha value is -1.70. The van der Waals surface area contributed by atoms with E-state index < -0.39 is 0 Å². The second kappa shape index (κ2) is 7.73. The zero-order chi connectivity index (χ0) is 19.0. The minimum Gasteiger partial charge on any atom is -0.379 e. The minimum atomic E-state index is -0.284. The van der Waals surface area contributed by atoms with E-state index in [0.29, 0.717) is 11.9 Å². The molecule has 1 saturated heterocycles. The van der Waals surface area contributed by atoms with Gasteiger partial charge in [-0.15, -0.1) is 0 Å². The topological polar surface area (TPSA) is 63.6 Å². The largest absolute Gasteiger partial charge is 0.379 e. The van der Waals surface area contributed by atoms with Gasteiger partial charge < -0.3 is 14.6 Å². The molecule has 3 heterocycles. The normalized spacial score (nSPS) is 19.6. The van der Waals surface area contributed by atoms with E-state index in [0.717, 1.165) is 61.2 Å². The maximum atomic E-state index is 12.9. The summed E-state index contributed by atoms with van der Waals surface area (Å²) in [4.78, 5) is 27.9. The molecular weight excluding hydrogens is 410 g/mol. The third-order valence-corrected chi connectivity index (χ3v) is 5.90. The van der Waals surface area contributed by atoms with Gasteiger partial charge in [0.15, 0.2) is 0 Å². The van der Waals surface area contributed by atoms with Gasteiger partial charge in [0.2, 0.25) is 5.43 Å². The highest BCUT2D eigenvalue weighted by atomic mass is 79.9. The summed E-state index contributed by atoms with van der Waals surface area (Å²) in [5, 5.41) is 3.54. The predicted molar refractivity (Wildman–Crippen MR) is 109 cm³/mol. The predicted octanol–water partition coefficient (Wildman–Crippen LogP) is 2.33. The van der Waals surface area contributed by atoms with E-state index in [-0.39, 0.29) is 22.9 Å². The molecule has 1 N–H and O–H groups in total. The summed E-state index contributed by atoms with van der Waals surface area (Å²) < 4.78 is 8.29. The molecule has 4 rings (SSSR count). The number of aromatic nitrogens is 1. The number of nitrogens with zero attached hydrogens (tertiary/aromatic N) is 2. The summed E-state index contributed by atoms with van der Waals surface area (Å²) >= 11 is 3.49. The number of morpholine rings is 1. The van der Waals surface area contributed by atoms with Crippen molar-refractivity contribution < 1.29 is 9.53 Å². The number of pyridine rings is 1. The van der Waals surface area contributed by atoms with Gasteiger partial charge in [0.1, 0.15) is 5.56 Å². The smallest absolute Gasteiger partial charge is 0.256 e. The number of rotatable bonds is 5. The SMILES string of the molecule is CC1Cc2cc(Br)cc3c(=O)c(C(=O)NCCCN4CCOCC4)cn1c23. The number of nitrogens with one attached hydrogen (secondary N) is 1. The molecule has 1 fully saturated rings. The summed E-state index contributed by atoms with van der Waals surface area (Å²) in [5.41, 5.74) is 2.15. The molecule has 6 nitrogen and oxygen atoms in total. The van der Waals surface area contributed by atoms with Crippen LogP contribution in [0.3, 0.4) is 0 Å². The maximum absolute atomic E-state index is 12.9. The zero-order valence-corrected chi connectivity index (χ0v) is 17.0. The molecule has 0 radical (unpaired) electrons. The van der Waals surface area contributed by atoms with Crippen LogP contribution in [0.15, 0.2) is 27.6 Å². The number of benzene rings is 1. The lowest BCUT2D eigenvalue weighted by molar-refractivity contribution is 0.0374. The van der Waals surface area contributed by atoms with E-state index in [1.807, 2.05) is 6.07 Å². The molecule has 0 bridgehead atoms. The molecule has 1 unspecified atom stereocenters. The van der Waals surface area contributed by atoms with Crippen LogP contribution < -0.4 is 10.7 Å². The highest BCUT2D eigenvalue weighted by Gasteiger charge is 2.25. The van der Waals surface area contributed by atoms with Gasteiger partial charge >= 0.3 is 0 Å². The average molecular weight is 434 g/mol. The number of hydrogen-bond donors (Lipinski definition) is 1. The standard InChI is InChI=1S/C20H24BrN3O3/c1-13-9-14-10-15(21)11-16-18(14)24(13)12-17(19(16)25)20(26)22-3-2-4-23-5-7-27-8-6-23/h10-13H,2-9H2,1H3,(H,22,26). The molecule has 2 aliphatic rings. The van der Waals surface area contributed by atoms with Crippen LogP contribution in [0, 0.1) is 0 Å². The first-order valence-corrected chi connectivity index (χ1v) is 10.3. The van der Waals surface area contributed by atoms with Crippen LogP contribution in [0.4, 0.5) is 0 Å². The molecule has 1 atom stereocenters. The van der Waals surface area contributed by atoms with Crippen LogP contribution in [-0.4, -0.2) is 54.8 Å². The van der Waals surface area contributed by atoms with E-state index >= 15 is 0 Å². The number of carbonyl (C=O) groups is 1. The van der Waals surface area contributed by atoms with Gasteiger partial charge in [0.25, 0.3) is 5.91 Å². The third kappa shape index (κ3) is 3.68. The Morgan fingerprint density at radius 2 is 2.11 bits per heavy atom. The Bertz CT molecular complexity index is 934. The number of hydrogen-bond acceptors (Lipinski definition) is 4. The van der Waals surface area contributed by atoms with Crippen LogP contribution >= 0.6 is 15.9 Å². The summed E-state index contributed by atoms with van der Waals surface area (Å²) in [6, 6.07) is 4.13.